The zero-order valence-corrected chi connectivity index (χ0v) is 14.2. The van der Waals surface area contributed by atoms with Crippen molar-refractivity contribution in [2.24, 2.45) is 10.4 Å². The summed E-state index contributed by atoms with van der Waals surface area (Å²) in [6, 6.07) is 4.30. The fourth-order valence-corrected chi connectivity index (χ4v) is 2.07. The first-order chi connectivity index (χ1) is 9.18. The van der Waals surface area contributed by atoms with Gasteiger partial charge in [0.25, 0.3) is 0 Å². The van der Waals surface area contributed by atoms with E-state index in [1.807, 2.05) is 13.1 Å². The fourth-order valence-electron chi connectivity index (χ4n) is 2.07. The van der Waals surface area contributed by atoms with Crippen LogP contribution in [-0.4, -0.2) is 13.3 Å². The van der Waals surface area contributed by atoms with Gasteiger partial charge in [-0.2, -0.15) is 0 Å². The number of nitrogens with zero attached hydrogens (tertiary/aromatic N) is 2. The third-order valence-corrected chi connectivity index (χ3v) is 3.74. The van der Waals surface area contributed by atoms with Crippen LogP contribution in [0.3, 0.4) is 0 Å². The molecule has 0 radical (unpaired) electrons. The van der Waals surface area contributed by atoms with E-state index in [4.69, 9.17) is 0 Å². The molecule has 0 spiro atoms. The largest absolute Gasteiger partial charge is 0.349 e. The molecule has 0 aliphatic carbocycles. The van der Waals surface area contributed by atoms with Gasteiger partial charge in [-0.15, -0.1) is 0 Å². The van der Waals surface area contributed by atoms with Gasteiger partial charge in [0.2, 0.25) is 0 Å². The number of hydrogen-bond acceptors (Lipinski definition) is 2. The Hall–Kier alpha value is -1.57. The summed E-state index contributed by atoms with van der Waals surface area (Å²) in [6.07, 6.45) is 4.08. The van der Waals surface area contributed by atoms with Crippen LogP contribution < -0.4 is 4.90 Å². The summed E-state index contributed by atoms with van der Waals surface area (Å²) >= 11 is 0. The summed E-state index contributed by atoms with van der Waals surface area (Å²) in [4.78, 5) is 6.76. The molecule has 0 aliphatic heterocycles. The van der Waals surface area contributed by atoms with Crippen LogP contribution in [0.25, 0.3) is 0 Å². The third kappa shape index (κ3) is 3.72. The van der Waals surface area contributed by atoms with Crippen LogP contribution in [0.1, 0.15) is 45.7 Å². The molecule has 0 fully saturated rings. The Balaban J connectivity index is 3.36. The van der Waals surface area contributed by atoms with Gasteiger partial charge in [0.05, 0.1) is 11.4 Å². The Morgan fingerprint density at radius 2 is 1.70 bits per heavy atom. The molecule has 0 aliphatic rings. The van der Waals surface area contributed by atoms with E-state index in [0.717, 1.165) is 5.69 Å². The van der Waals surface area contributed by atoms with Crippen molar-refractivity contribution < 1.29 is 0 Å². The van der Waals surface area contributed by atoms with Crippen LogP contribution in [0, 0.1) is 19.3 Å². The lowest BCUT2D eigenvalue weighted by molar-refractivity contribution is 0.502. The van der Waals surface area contributed by atoms with E-state index in [1.165, 1.54) is 22.4 Å². The Bertz CT molecular complexity index is 531. The van der Waals surface area contributed by atoms with Gasteiger partial charge in [-0.1, -0.05) is 38.5 Å². The summed E-state index contributed by atoms with van der Waals surface area (Å²) in [5, 5.41) is 0. The highest BCUT2D eigenvalue weighted by molar-refractivity contribution is 5.78. The van der Waals surface area contributed by atoms with Crippen LogP contribution >= 0.6 is 0 Å². The molecule has 0 atom stereocenters. The molecule has 0 bridgehead atoms. The molecule has 0 saturated carbocycles. The molecule has 2 heteroatoms. The number of aryl methyl sites for hydroxylation is 2. The van der Waals surface area contributed by atoms with Crippen LogP contribution in [-0.2, 0) is 0 Å². The van der Waals surface area contributed by atoms with Crippen molar-refractivity contribution in [1.82, 2.24) is 0 Å². The highest BCUT2D eigenvalue weighted by Gasteiger charge is 2.16. The van der Waals surface area contributed by atoms with Crippen molar-refractivity contribution in [2.45, 2.75) is 48.5 Å². The molecule has 0 N–H and O–H groups in total. The second-order valence-electron chi connectivity index (χ2n) is 6.46. The molecule has 1 rings (SSSR count). The zero-order valence-electron chi connectivity index (χ0n) is 14.2. The van der Waals surface area contributed by atoms with Crippen molar-refractivity contribution >= 4 is 17.6 Å². The molecule has 0 saturated heterocycles. The van der Waals surface area contributed by atoms with Crippen molar-refractivity contribution in [3.63, 3.8) is 0 Å². The first-order valence-corrected chi connectivity index (χ1v) is 7.19. The lowest BCUT2D eigenvalue weighted by Crippen LogP contribution is -2.15. The standard InChI is InChI=1S/C18H28N2/c1-9-19-16-13(2)10-11-14(3)17(16)20(8)12-15(4)18(5,6)7/h9-12H,1-8H3/b15-12-,19-9?. The maximum absolute atomic E-state index is 4.56. The van der Waals surface area contributed by atoms with Crippen molar-refractivity contribution in [2.75, 3.05) is 11.9 Å². The molecular formula is C18H28N2. The third-order valence-electron chi connectivity index (χ3n) is 3.74. The number of benzene rings is 1. The molecule has 110 valence electrons. The molecule has 0 amide bonds. The van der Waals surface area contributed by atoms with Crippen LogP contribution in [0.2, 0.25) is 0 Å². The second kappa shape index (κ2) is 6.25. The topological polar surface area (TPSA) is 15.6 Å². The minimum atomic E-state index is 0.181. The number of anilines is 1. The Labute approximate surface area is 124 Å². The normalized spacial score (nSPS) is 13.1. The van der Waals surface area contributed by atoms with Gasteiger partial charge in [0.1, 0.15) is 0 Å². The SMILES string of the molecule is CC=Nc1c(C)ccc(C)c1N(C)/C=C(/C)C(C)(C)C. The van der Waals surface area contributed by atoms with Gasteiger partial charge in [-0.05, 0) is 44.2 Å². The summed E-state index contributed by atoms with van der Waals surface area (Å²) in [5.74, 6) is 0. The highest BCUT2D eigenvalue weighted by Crippen LogP contribution is 2.36. The Morgan fingerprint density at radius 3 is 2.20 bits per heavy atom. The maximum Gasteiger partial charge on any atom is 0.0894 e. The van der Waals surface area contributed by atoms with Gasteiger partial charge in [0, 0.05) is 19.5 Å². The monoisotopic (exact) mass is 272 g/mol. The second-order valence-corrected chi connectivity index (χ2v) is 6.46. The molecule has 1 aromatic carbocycles. The van der Waals surface area contributed by atoms with Crippen molar-refractivity contribution in [3.8, 4) is 0 Å². The molecular weight excluding hydrogens is 244 g/mol. The summed E-state index contributed by atoms with van der Waals surface area (Å²) in [7, 11) is 2.10. The maximum atomic E-state index is 4.56. The number of hydrogen-bond donors (Lipinski definition) is 0. The smallest absolute Gasteiger partial charge is 0.0894 e. The first kappa shape index (κ1) is 16.5. The predicted molar refractivity (Wildman–Crippen MR) is 91.4 cm³/mol. The lowest BCUT2D eigenvalue weighted by atomic mass is 9.88. The summed E-state index contributed by atoms with van der Waals surface area (Å²) in [6.45, 7) is 15.1. The zero-order chi connectivity index (χ0) is 15.5. The van der Waals surface area contributed by atoms with Crippen LogP contribution in [0.5, 0.6) is 0 Å². The number of aliphatic imine (C=N–C) groups is 1. The van der Waals surface area contributed by atoms with Crippen molar-refractivity contribution in [3.05, 3.63) is 35.0 Å². The van der Waals surface area contributed by atoms with Gasteiger partial charge >= 0.3 is 0 Å². The Kier molecular flexibility index (Phi) is 5.15. The average Bonchev–Trinajstić information content (AvgIpc) is 2.32. The molecule has 0 unspecified atom stereocenters. The van der Waals surface area contributed by atoms with Gasteiger partial charge in [-0.25, -0.2) is 0 Å². The molecule has 20 heavy (non-hydrogen) atoms. The van der Waals surface area contributed by atoms with Crippen LogP contribution in [0.4, 0.5) is 11.4 Å². The van der Waals surface area contributed by atoms with Gasteiger partial charge in [0.15, 0.2) is 0 Å². The average molecular weight is 272 g/mol. The summed E-state index contributed by atoms with van der Waals surface area (Å²) < 4.78 is 0. The molecule has 2 nitrogen and oxygen atoms in total. The van der Waals surface area contributed by atoms with E-state index in [0.29, 0.717) is 0 Å². The Morgan fingerprint density at radius 1 is 1.15 bits per heavy atom. The van der Waals surface area contributed by atoms with Crippen molar-refractivity contribution in [1.29, 1.82) is 0 Å². The minimum absolute atomic E-state index is 0.181. The fraction of sp³-hybridized carbons (Fsp3) is 0.500. The van der Waals surface area contributed by atoms with E-state index < -0.39 is 0 Å². The molecule has 1 aromatic rings. The quantitative estimate of drug-likeness (QED) is 0.671. The highest BCUT2D eigenvalue weighted by atomic mass is 15.1. The van der Waals surface area contributed by atoms with E-state index in [1.54, 1.807) is 0 Å². The van der Waals surface area contributed by atoms with Crippen LogP contribution in [0.15, 0.2) is 28.9 Å². The summed E-state index contributed by atoms with van der Waals surface area (Å²) in [5.41, 5.74) is 6.24. The molecule has 0 aromatic heterocycles. The molecule has 0 heterocycles. The van der Waals surface area contributed by atoms with E-state index >= 15 is 0 Å². The van der Waals surface area contributed by atoms with E-state index in [2.05, 4.69) is 76.8 Å². The number of allylic oxidation sites excluding steroid dienone is 1. The number of rotatable bonds is 3. The minimum Gasteiger partial charge on any atom is -0.349 e. The van der Waals surface area contributed by atoms with E-state index in [-0.39, 0.29) is 5.41 Å². The van der Waals surface area contributed by atoms with Gasteiger partial charge < -0.3 is 4.90 Å². The van der Waals surface area contributed by atoms with E-state index in [9.17, 15) is 0 Å². The van der Waals surface area contributed by atoms with Gasteiger partial charge in [-0.3, -0.25) is 4.99 Å². The predicted octanol–water partition coefficient (Wildman–Crippen LogP) is 5.41. The first-order valence-electron chi connectivity index (χ1n) is 7.19. The lowest BCUT2D eigenvalue weighted by Gasteiger charge is -2.26.